The first-order valence-electron chi connectivity index (χ1n) is 12.0. The lowest BCUT2D eigenvalue weighted by molar-refractivity contribution is -2.00. The summed E-state index contributed by atoms with van der Waals surface area (Å²) in [5.41, 5.74) is 5.70. The monoisotopic (exact) mass is 512 g/mol. The summed E-state index contributed by atoms with van der Waals surface area (Å²) in [5, 5.41) is 13.3. The predicted molar refractivity (Wildman–Crippen MR) is 133 cm³/mol. The standard InChI is InChI=1S/C28H32N2O.ClHO4/c1-6-29(7-2)22-16-13-21(25(31)19-22)15-18-26-28(4,5)27-23-12-10-9-11-20(23)14-17-24(27)30(26)8-3;2-1(3,4)5/h9-19H,6-8H2,1-5H3;(H,2,3,4,5). The molecule has 0 saturated carbocycles. The van der Waals surface area contributed by atoms with Crippen LogP contribution in [0.15, 0.2) is 60.7 Å². The number of allylic oxidation sites excluding steroid dienone is 1. The summed E-state index contributed by atoms with van der Waals surface area (Å²) >= 11 is 0. The Bertz CT molecular complexity index is 1280. The highest BCUT2D eigenvalue weighted by molar-refractivity contribution is 6.09. The molecule has 0 aromatic heterocycles. The normalized spacial score (nSPS) is 14.7. The van der Waals surface area contributed by atoms with Gasteiger partial charge in [0.25, 0.3) is 0 Å². The minimum absolute atomic E-state index is 0.126. The minimum Gasteiger partial charge on any atom is -0.507 e. The number of phenolic OH excluding ortho intramolecular Hbond substituents is 1. The van der Waals surface area contributed by atoms with E-state index >= 15 is 0 Å². The van der Waals surface area contributed by atoms with Crippen LogP contribution in [0, 0.1) is 10.2 Å². The van der Waals surface area contributed by atoms with Crippen molar-refractivity contribution in [1.29, 1.82) is 0 Å². The van der Waals surface area contributed by atoms with E-state index in [9.17, 15) is 5.11 Å². The summed E-state index contributed by atoms with van der Waals surface area (Å²) < 4.78 is 36.4. The van der Waals surface area contributed by atoms with Crippen LogP contribution < -0.4 is 23.5 Å². The Hall–Kier alpha value is -2.94. The third-order valence-corrected chi connectivity index (χ3v) is 6.63. The van der Waals surface area contributed by atoms with E-state index in [1.807, 2.05) is 12.1 Å². The van der Waals surface area contributed by atoms with Crippen LogP contribution in [0.5, 0.6) is 5.75 Å². The molecule has 0 atom stereocenters. The van der Waals surface area contributed by atoms with Crippen LogP contribution in [0.1, 0.15) is 45.7 Å². The molecule has 0 aliphatic carbocycles. The Morgan fingerprint density at radius 3 is 2.14 bits per heavy atom. The maximum Gasteiger partial charge on any atom is 0.210 e. The molecule has 0 spiro atoms. The van der Waals surface area contributed by atoms with Crippen LogP contribution in [-0.4, -0.2) is 35.0 Å². The Morgan fingerprint density at radius 2 is 1.56 bits per heavy atom. The molecule has 0 amide bonds. The zero-order valence-corrected chi connectivity index (χ0v) is 22.1. The molecule has 3 aromatic carbocycles. The van der Waals surface area contributed by atoms with Gasteiger partial charge in [-0.3, -0.25) is 0 Å². The second-order valence-corrected chi connectivity index (χ2v) is 9.82. The van der Waals surface area contributed by atoms with Crippen LogP contribution in [0.3, 0.4) is 0 Å². The van der Waals surface area contributed by atoms with E-state index in [1.54, 1.807) is 0 Å². The fourth-order valence-corrected chi connectivity index (χ4v) is 5.00. The molecule has 0 saturated heterocycles. The number of anilines is 1. The molecule has 0 radical (unpaired) electrons. The largest absolute Gasteiger partial charge is 0.507 e. The quantitative estimate of drug-likeness (QED) is 0.502. The molecular formula is C28H33ClN2O5. The molecule has 7 nitrogen and oxygen atoms in total. The lowest BCUT2D eigenvalue weighted by Crippen LogP contribution is -2.68. The third-order valence-electron chi connectivity index (χ3n) is 6.63. The van der Waals surface area contributed by atoms with E-state index in [-0.39, 0.29) is 5.41 Å². The number of hydrogen-bond donors (Lipinski definition) is 1. The van der Waals surface area contributed by atoms with Crippen LogP contribution in [0.2, 0.25) is 0 Å². The maximum absolute atomic E-state index is 10.7. The molecule has 3 aromatic rings. The van der Waals surface area contributed by atoms with Gasteiger partial charge in [-0.05, 0) is 69.7 Å². The number of phenols is 1. The molecule has 4 rings (SSSR count). The number of fused-ring (bicyclic) bond motifs is 3. The number of halogens is 1. The van der Waals surface area contributed by atoms with Crippen LogP contribution in [0.4, 0.5) is 11.4 Å². The average molecular weight is 513 g/mol. The van der Waals surface area contributed by atoms with Gasteiger partial charge in [-0.15, -0.1) is 10.2 Å². The van der Waals surface area contributed by atoms with Crippen molar-refractivity contribution in [2.75, 3.05) is 24.5 Å². The topological polar surface area (TPSA) is 119 Å². The maximum atomic E-state index is 10.7. The minimum atomic E-state index is -4.94. The average Bonchev–Trinajstić information content (AvgIpc) is 3.04. The summed E-state index contributed by atoms with van der Waals surface area (Å²) in [7, 11) is -4.94. The summed E-state index contributed by atoms with van der Waals surface area (Å²) in [5.74, 6) is 0.322. The van der Waals surface area contributed by atoms with Crippen LogP contribution >= 0.6 is 0 Å². The summed E-state index contributed by atoms with van der Waals surface area (Å²) in [6.45, 7) is 13.8. The van der Waals surface area contributed by atoms with Gasteiger partial charge >= 0.3 is 0 Å². The fourth-order valence-electron chi connectivity index (χ4n) is 5.00. The second kappa shape index (κ2) is 11.0. The van der Waals surface area contributed by atoms with Crippen molar-refractivity contribution in [1.82, 2.24) is 0 Å². The molecule has 1 heterocycles. The summed E-state index contributed by atoms with van der Waals surface area (Å²) in [4.78, 5) is 2.24. The highest BCUT2D eigenvalue weighted by Crippen LogP contribution is 2.44. The Kier molecular flexibility index (Phi) is 8.44. The molecule has 192 valence electrons. The summed E-state index contributed by atoms with van der Waals surface area (Å²) in [6, 6.07) is 19.1. The molecule has 1 aliphatic heterocycles. The molecule has 36 heavy (non-hydrogen) atoms. The molecule has 0 fully saturated rings. The third kappa shape index (κ3) is 5.88. The number of aromatic hydroxyl groups is 1. The van der Waals surface area contributed by atoms with Crippen molar-refractivity contribution in [2.24, 2.45) is 0 Å². The molecule has 8 heteroatoms. The van der Waals surface area contributed by atoms with Gasteiger partial charge in [0.2, 0.25) is 5.69 Å². The predicted octanol–water partition coefficient (Wildman–Crippen LogP) is 1.75. The van der Waals surface area contributed by atoms with E-state index < -0.39 is 10.2 Å². The van der Waals surface area contributed by atoms with Gasteiger partial charge < -0.3 is 10.0 Å². The molecule has 0 unspecified atom stereocenters. The number of hydrogen-bond acceptors (Lipinski definition) is 6. The van der Waals surface area contributed by atoms with Gasteiger partial charge in [0.15, 0.2) is 5.71 Å². The van der Waals surface area contributed by atoms with Crippen molar-refractivity contribution in [2.45, 2.75) is 40.0 Å². The van der Waals surface area contributed by atoms with Gasteiger partial charge in [0, 0.05) is 48.1 Å². The first-order valence-corrected chi connectivity index (χ1v) is 13.2. The number of rotatable bonds is 6. The molecule has 1 aliphatic rings. The van der Waals surface area contributed by atoms with Gasteiger partial charge in [-0.1, -0.05) is 24.3 Å². The highest BCUT2D eigenvalue weighted by Gasteiger charge is 2.44. The fraction of sp³-hybridized carbons (Fsp3) is 0.321. The van der Waals surface area contributed by atoms with E-state index in [1.165, 1.54) is 27.7 Å². The van der Waals surface area contributed by atoms with Crippen LogP contribution in [0.25, 0.3) is 16.8 Å². The number of benzene rings is 3. The van der Waals surface area contributed by atoms with E-state index in [4.69, 9.17) is 18.6 Å². The Labute approximate surface area is 214 Å². The first kappa shape index (κ1) is 27.6. The summed E-state index contributed by atoms with van der Waals surface area (Å²) in [6.07, 6.45) is 4.24. The Balaban J connectivity index is 0.000000658. The first-order chi connectivity index (χ1) is 16.9. The highest BCUT2D eigenvalue weighted by atomic mass is 35.7. The van der Waals surface area contributed by atoms with Crippen molar-refractivity contribution >= 4 is 33.9 Å². The van der Waals surface area contributed by atoms with Crippen molar-refractivity contribution in [3.63, 3.8) is 0 Å². The van der Waals surface area contributed by atoms with Gasteiger partial charge in [0.05, 0.1) is 5.41 Å². The van der Waals surface area contributed by atoms with Gasteiger partial charge in [-0.25, -0.2) is 18.6 Å². The van der Waals surface area contributed by atoms with Gasteiger partial charge in [0.1, 0.15) is 12.3 Å². The molecule has 1 N–H and O–H groups in total. The van der Waals surface area contributed by atoms with Gasteiger partial charge in [-0.2, -0.15) is 4.58 Å². The second-order valence-electron chi connectivity index (χ2n) is 9.06. The zero-order chi connectivity index (χ0) is 26.7. The van der Waals surface area contributed by atoms with Crippen molar-refractivity contribution < 1.29 is 38.6 Å². The Morgan fingerprint density at radius 1 is 0.917 bits per heavy atom. The molecule has 0 bridgehead atoms. The van der Waals surface area contributed by atoms with Crippen molar-refractivity contribution in [3.8, 4) is 5.75 Å². The van der Waals surface area contributed by atoms with E-state index in [0.717, 1.165) is 30.9 Å². The van der Waals surface area contributed by atoms with Crippen LogP contribution in [-0.2, 0) is 5.41 Å². The zero-order valence-electron chi connectivity index (χ0n) is 21.3. The van der Waals surface area contributed by atoms with E-state index in [2.05, 4.69) is 98.7 Å². The lowest BCUT2D eigenvalue weighted by atomic mass is 9.79. The van der Waals surface area contributed by atoms with E-state index in [0.29, 0.717) is 5.75 Å². The lowest BCUT2D eigenvalue weighted by Gasteiger charge is -2.21. The SMILES string of the molecule is CCN(CC)c1ccc(C=CC2=[N+](CC)c3ccc4ccccc4c3C2(C)C)c(O)c1.[O-][Cl+3]([O-])([O-])[O-]. The van der Waals surface area contributed by atoms with Crippen molar-refractivity contribution in [3.05, 3.63) is 71.8 Å². The smallest absolute Gasteiger partial charge is 0.210 e. The number of nitrogens with zero attached hydrogens (tertiary/aromatic N) is 2. The molecular weight excluding hydrogens is 480 g/mol.